The van der Waals surface area contributed by atoms with Gasteiger partial charge in [0.15, 0.2) is 5.78 Å². The molecule has 0 heterocycles. The van der Waals surface area contributed by atoms with E-state index >= 15 is 0 Å². The SMILES string of the molecule is CC(=O)C(C(C)=O)C(=O)c1ccc(NCCCCCCCCCCCCC(C)[Si](C)(C)C)cc1. The first kappa shape index (κ1) is 30.3. The Kier molecular flexibility index (Phi) is 14.3. The summed E-state index contributed by atoms with van der Waals surface area (Å²) in [5, 5.41) is 3.39. The van der Waals surface area contributed by atoms with Gasteiger partial charge in [0.2, 0.25) is 0 Å². The van der Waals surface area contributed by atoms with E-state index in [1.165, 1.54) is 78.1 Å². The third-order valence-electron chi connectivity index (χ3n) is 7.12. The number of hydrogen-bond acceptors (Lipinski definition) is 4. The third kappa shape index (κ3) is 12.1. The molecule has 0 bridgehead atoms. The minimum absolute atomic E-state index is 0.401. The number of nitrogens with one attached hydrogen (secondary N) is 1. The second-order valence-electron chi connectivity index (χ2n) is 11.1. The summed E-state index contributed by atoms with van der Waals surface area (Å²) in [7, 11) is -0.935. The van der Waals surface area contributed by atoms with Crippen LogP contribution in [0.25, 0.3) is 0 Å². The zero-order valence-electron chi connectivity index (χ0n) is 22.7. The van der Waals surface area contributed by atoms with Crippen molar-refractivity contribution in [1.29, 1.82) is 0 Å². The van der Waals surface area contributed by atoms with Gasteiger partial charge in [-0.15, -0.1) is 0 Å². The van der Waals surface area contributed by atoms with Crippen LogP contribution in [0, 0.1) is 5.92 Å². The molecule has 1 rings (SSSR count). The lowest BCUT2D eigenvalue weighted by Crippen LogP contribution is -2.28. The summed E-state index contributed by atoms with van der Waals surface area (Å²) in [6.07, 6.45) is 14.8. The fraction of sp³-hybridized carbons (Fsp3) is 0.690. The number of anilines is 1. The molecule has 0 aliphatic heterocycles. The fourth-order valence-corrected chi connectivity index (χ4v) is 5.30. The molecule has 0 fully saturated rings. The molecule has 1 unspecified atom stereocenters. The van der Waals surface area contributed by atoms with Crippen molar-refractivity contribution in [3.63, 3.8) is 0 Å². The van der Waals surface area contributed by atoms with E-state index in [-0.39, 0.29) is 0 Å². The first-order valence-corrected chi connectivity index (χ1v) is 17.0. The van der Waals surface area contributed by atoms with Gasteiger partial charge in [0.1, 0.15) is 17.5 Å². The monoisotopic (exact) mass is 487 g/mol. The van der Waals surface area contributed by atoms with Gasteiger partial charge in [-0.2, -0.15) is 0 Å². The maximum atomic E-state index is 12.4. The highest BCUT2D eigenvalue weighted by Gasteiger charge is 2.28. The van der Waals surface area contributed by atoms with Gasteiger partial charge in [-0.05, 0) is 50.1 Å². The molecule has 0 radical (unpaired) electrons. The predicted molar refractivity (Wildman–Crippen MR) is 148 cm³/mol. The first-order chi connectivity index (χ1) is 16.0. The molecule has 1 aromatic carbocycles. The number of Topliss-reactive ketones (excluding diaryl/α,β-unsaturated/α-hetero) is 3. The third-order valence-corrected chi connectivity index (χ3v) is 10.4. The second-order valence-corrected chi connectivity index (χ2v) is 16.8. The van der Waals surface area contributed by atoms with E-state index in [2.05, 4.69) is 31.9 Å². The molecule has 0 aromatic heterocycles. The van der Waals surface area contributed by atoms with E-state index in [1.807, 2.05) is 12.1 Å². The first-order valence-electron chi connectivity index (χ1n) is 13.4. The Morgan fingerprint density at radius 1 is 0.735 bits per heavy atom. The fourth-order valence-electron chi connectivity index (χ4n) is 4.23. The average Bonchev–Trinajstić information content (AvgIpc) is 2.76. The topological polar surface area (TPSA) is 63.2 Å². The van der Waals surface area contributed by atoms with Crippen molar-refractivity contribution in [2.75, 3.05) is 11.9 Å². The van der Waals surface area contributed by atoms with Crippen LogP contribution in [0.2, 0.25) is 25.2 Å². The van der Waals surface area contributed by atoms with Crippen molar-refractivity contribution in [2.45, 2.75) is 117 Å². The molecule has 192 valence electrons. The molecule has 1 aromatic rings. The Morgan fingerprint density at radius 3 is 1.62 bits per heavy atom. The van der Waals surface area contributed by atoms with E-state index in [1.54, 1.807) is 12.1 Å². The predicted octanol–water partition coefficient (Wildman–Crippen LogP) is 8.09. The molecule has 0 saturated carbocycles. The number of carbonyl (C=O) groups is 3. The van der Waals surface area contributed by atoms with Crippen molar-refractivity contribution in [2.24, 2.45) is 5.92 Å². The molecule has 0 aliphatic carbocycles. The highest BCUT2D eigenvalue weighted by atomic mass is 28.3. The van der Waals surface area contributed by atoms with E-state index in [9.17, 15) is 14.4 Å². The Bertz CT molecular complexity index is 738. The van der Waals surface area contributed by atoms with Crippen LogP contribution in [0.4, 0.5) is 5.69 Å². The number of hydrogen-bond donors (Lipinski definition) is 1. The molecule has 0 aliphatic rings. The van der Waals surface area contributed by atoms with Gasteiger partial charge in [-0.1, -0.05) is 90.8 Å². The summed E-state index contributed by atoms with van der Waals surface area (Å²) in [4.78, 5) is 35.6. The number of benzene rings is 1. The largest absolute Gasteiger partial charge is 0.385 e. The Balaban J connectivity index is 2.07. The molecule has 1 N–H and O–H groups in total. The maximum Gasteiger partial charge on any atom is 0.180 e. The number of unbranched alkanes of at least 4 members (excludes halogenated alkanes) is 9. The summed E-state index contributed by atoms with van der Waals surface area (Å²) >= 11 is 0. The molecule has 5 heteroatoms. The molecule has 0 amide bonds. The van der Waals surface area contributed by atoms with E-state index in [0.29, 0.717) is 5.56 Å². The standard InChI is InChI=1S/C29H49NO3Si/c1-23(34(4,5)6)17-15-13-11-9-7-8-10-12-14-16-22-30-27-20-18-26(19-21-27)29(33)28(24(2)31)25(3)32/h18-21,23,28,30H,7-17,22H2,1-6H3. The van der Waals surface area contributed by atoms with Crippen LogP contribution < -0.4 is 5.32 Å². The molecule has 0 saturated heterocycles. The van der Waals surface area contributed by atoms with Crippen molar-refractivity contribution >= 4 is 31.1 Å². The van der Waals surface area contributed by atoms with Gasteiger partial charge in [-0.25, -0.2) is 0 Å². The minimum atomic E-state index is -1.18. The van der Waals surface area contributed by atoms with Gasteiger partial charge in [0.05, 0.1) is 0 Å². The molecule has 0 spiro atoms. The maximum absolute atomic E-state index is 12.4. The van der Waals surface area contributed by atoms with E-state index in [0.717, 1.165) is 24.2 Å². The Morgan fingerprint density at radius 2 is 1.18 bits per heavy atom. The van der Waals surface area contributed by atoms with E-state index < -0.39 is 31.3 Å². The smallest absolute Gasteiger partial charge is 0.180 e. The van der Waals surface area contributed by atoms with Crippen LogP contribution in [0.15, 0.2) is 24.3 Å². The van der Waals surface area contributed by atoms with Crippen LogP contribution in [0.5, 0.6) is 0 Å². The van der Waals surface area contributed by atoms with Gasteiger partial charge >= 0.3 is 0 Å². The van der Waals surface area contributed by atoms with E-state index in [4.69, 9.17) is 0 Å². The molecular weight excluding hydrogens is 438 g/mol. The van der Waals surface area contributed by atoms with Gasteiger partial charge < -0.3 is 5.32 Å². The Labute approximate surface area is 209 Å². The van der Waals surface area contributed by atoms with Crippen LogP contribution in [-0.4, -0.2) is 32.0 Å². The van der Waals surface area contributed by atoms with Crippen LogP contribution in [0.1, 0.15) is 102 Å². The minimum Gasteiger partial charge on any atom is -0.385 e. The van der Waals surface area contributed by atoms with Gasteiger partial charge in [-0.3, -0.25) is 14.4 Å². The summed E-state index contributed by atoms with van der Waals surface area (Å²) in [6.45, 7) is 13.4. The normalized spacial score (nSPS) is 12.6. The molecule has 4 nitrogen and oxygen atoms in total. The number of ketones is 3. The highest BCUT2D eigenvalue weighted by Crippen LogP contribution is 2.27. The lowest BCUT2D eigenvalue weighted by Gasteiger charge is -2.24. The summed E-state index contributed by atoms with van der Waals surface area (Å²) in [5.74, 6) is -2.39. The molecular formula is C29H49NO3Si. The van der Waals surface area contributed by atoms with Crippen molar-refractivity contribution in [3.8, 4) is 0 Å². The summed E-state index contributed by atoms with van der Waals surface area (Å²) < 4.78 is 0. The summed E-state index contributed by atoms with van der Waals surface area (Å²) in [5.41, 5.74) is 2.31. The Hall–Kier alpha value is -1.75. The van der Waals surface area contributed by atoms with Crippen molar-refractivity contribution < 1.29 is 14.4 Å². The second kappa shape index (κ2) is 16.0. The highest BCUT2D eigenvalue weighted by molar-refractivity contribution is 6.77. The van der Waals surface area contributed by atoms with Crippen LogP contribution in [-0.2, 0) is 9.59 Å². The molecule has 1 atom stereocenters. The van der Waals surface area contributed by atoms with Crippen LogP contribution >= 0.6 is 0 Å². The zero-order valence-corrected chi connectivity index (χ0v) is 23.7. The number of rotatable bonds is 19. The zero-order chi connectivity index (χ0) is 25.6. The lowest BCUT2D eigenvalue weighted by atomic mass is 9.91. The van der Waals surface area contributed by atoms with Gasteiger partial charge in [0, 0.05) is 25.9 Å². The van der Waals surface area contributed by atoms with Crippen molar-refractivity contribution in [1.82, 2.24) is 0 Å². The number of carbonyl (C=O) groups excluding carboxylic acids is 3. The quantitative estimate of drug-likeness (QED) is 0.0926. The van der Waals surface area contributed by atoms with Crippen molar-refractivity contribution in [3.05, 3.63) is 29.8 Å². The average molecular weight is 488 g/mol. The lowest BCUT2D eigenvalue weighted by molar-refractivity contribution is -0.128. The van der Waals surface area contributed by atoms with Gasteiger partial charge in [0.25, 0.3) is 0 Å². The van der Waals surface area contributed by atoms with Crippen LogP contribution in [0.3, 0.4) is 0 Å². The summed E-state index contributed by atoms with van der Waals surface area (Å²) in [6, 6.07) is 7.07. The molecule has 34 heavy (non-hydrogen) atoms.